The Morgan fingerprint density at radius 1 is 1.70 bits per heavy atom. The third-order valence-electron chi connectivity index (χ3n) is 1.76. The smallest absolute Gasteiger partial charge is 0.146 e. The van der Waals surface area contributed by atoms with E-state index in [1.54, 1.807) is 12.4 Å². The van der Waals surface area contributed by atoms with Crippen molar-refractivity contribution in [2.75, 3.05) is 6.54 Å². The largest absolute Gasteiger partial charge is 0.326 e. The Kier molecular flexibility index (Phi) is 1.09. The SMILES string of the molecule is C[C@@H]1CN=C2C=NC=CN21. The third-order valence-corrected chi connectivity index (χ3v) is 1.76. The lowest BCUT2D eigenvalue weighted by Gasteiger charge is -2.19. The van der Waals surface area contributed by atoms with Crippen LogP contribution in [0.5, 0.6) is 0 Å². The molecular weight excluding hydrogens is 126 g/mol. The fourth-order valence-corrected chi connectivity index (χ4v) is 1.17. The molecule has 0 fully saturated rings. The first-order valence-electron chi connectivity index (χ1n) is 3.40. The molecule has 0 saturated carbocycles. The van der Waals surface area contributed by atoms with Gasteiger partial charge in [-0.3, -0.25) is 9.98 Å². The summed E-state index contributed by atoms with van der Waals surface area (Å²) < 4.78 is 0. The molecule has 0 aliphatic carbocycles. The average molecular weight is 135 g/mol. The number of hydrogen-bond acceptors (Lipinski definition) is 3. The Bertz CT molecular complexity index is 227. The molecule has 0 saturated heterocycles. The molecule has 3 nitrogen and oxygen atoms in total. The molecule has 2 rings (SSSR count). The van der Waals surface area contributed by atoms with Crippen LogP contribution in [0.2, 0.25) is 0 Å². The molecule has 0 aromatic rings. The third kappa shape index (κ3) is 0.667. The van der Waals surface area contributed by atoms with Gasteiger partial charge >= 0.3 is 0 Å². The molecule has 1 atom stereocenters. The van der Waals surface area contributed by atoms with E-state index in [1.165, 1.54) is 0 Å². The second kappa shape index (κ2) is 1.94. The van der Waals surface area contributed by atoms with E-state index in [1.807, 2.05) is 6.20 Å². The lowest BCUT2D eigenvalue weighted by molar-refractivity contribution is 0.475. The monoisotopic (exact) mass is 135 g/mol. The van der Waals surface area contributed by atoms with Crippen LogP contribution >= 0.6 is 0 Å². The molecule has 0 amide bonds. The molecule has 0 aromatic heterocycles. The highest BCUT2D eigenvalue weighted by atomic mass is 15.3. The molecule has 0 N–H and O–H groups in total. The van der Waals surface area contributed by atoms with E-state index in [9.17, 15) is 0 Å². The van der Waals surface area contributed by atoms with Gasteiger partial charge in [0.2, 0.25) is 0 Å². The Hall–Kier alpha value is -1.12. The van der Waals surface area contributed by atoms with E-state index in [4.69, 9.17) is 0 Å². The van der Waals surface area contributed by atoms with Crippen LogP contribution in [0.25, 0.3) is 0 Å². The van der Waals surface area contributed by atoms with Gasteiger partial charge in [0.1, 0.15) is 5.84 Å². The van der Waals surface area contributed by atoms with Gasteiger partial charge in [0.15, 0.2) is 0 Å². The second-order valence-electron chi connectivity index (χ2n) is 2.53. The normalized spacial score (nSPS) is 28.7. The van der Waals surface area contributed by atoms with Gasteiger partial charge in [0.25, 0.3) is 0 Å². The number of hydrogen-bond donors (Lipinski definition) is 0. The Morgan fingerprint density at radius 2 is 2.60 bits per heavy atom. The minimum atomic E-state index is 0.512. The number of nitrogens with zero attached hydrogens (tertiary/aromatic N) is 3. The molecule has 52 valence electrons. The standard InChI is InChI=1S/C7H9N3/c1-6-4-9-7-5-8-2-3-10(6)7/h2-3,5-6H,4H2,1H3/t6-/m1/s1. The number of rotatable bonds is 0. The molecule has 0 aromatic carbocycles. The summed E-state index contributed by atoms with van der Waals surface area (Å²) in [5.41, 5.74) is 0. The average Bonchev–Trinajstić information content (AvgIpc) is 2.34. The van der Waals surface area contributed by atoms with Crippen molar-refractivity contribution in [3.05, 3.63) is 12.4 Å². The van der Waals surface area contributed by atoms with Crippen LogP contribution in [0.3, 0.4) is 0 Å². The van der Waals surface area contributed by atoms with Crippen LogP contribution < -0.4 is 0 Å². The molecule has 0 spiro atoms. The predicted octanol–water partition coefficient (Wildman–Crippen LogP) is 0.645. The maximum absolute atomic E-state index is 4.28. The quantitative estimate of drug-likeness (QED) is 0.479. The summed E-state index contributed by atoms with van der Waals surface area (Å²) in [5.74, 6) is 0.995. The molecule has 0 bridgehead atoms. The summed E-state index contributed by atoms with van der Waals surface area (Å²) in [6.07, 6.45) is 5.56. The summed E-state index contributed by atoms with van der Waals surface area (Å²) in [5, 5.41) is 0. The van der Waals surface area contributed by atoms with Crippen LogP contribution in [0.4, 0.5) is 0 Å². The molecule has 2 heterocycles. The lowest BCUT2D eigenvalue weighted by atomic mass is 10.3. The van der Waals surface area contributed by atoms with Gasteiger partial charge in [-0.2, -0.15) is 0 Å². The van der Waals surface area contributed by atoms with Crippen molar-refractivity contribution < 1.29 is 0 Å². The highest BCUT2D eigenvalue weighted by Crippen LogP contribution is 2.11. The zero-order valence-corrected chi connectivity index (χ0v) is 5.86. The fraction of sp³-hybridized carbons (Fsp3) is 0.429. The summed E-state index contributed by atoms with van der Waals surface area (Å²) in [4.78, 5) is 10.4. The van der Waals surface area contributed by atoms with Gasteiger partial charge in [-0.25, -0.2) is 0 Å². The first-order chi connectivity index (χ1) is 4.88. The molecule has 2 aliphatic heterocycles. The van der Waals surface area contributed by atoms with Crippen LogP contribution in [-0.2, 0) is 0 Å². The number of amidine groups is 1. The summed E-state index contributed by atoms with van der Waals surface area (Å²) >= 11 is 0. The van der Waals surface area contributed by atoms with Crippen molar-refractivity contribution >= 4 is 12.1 Å². The van der Waals surface area contributed by atoms with Gasteiger partial charge < -0.3 is 4.90 Å². The van der Waals surface area contributed by atoms with E-state index in [0.29, 0.717) is 6.04 Å². The van der Waals surface area contributed by atoms with Crippen LogP contribution in [0, 0.1) is 0 Å². The maximum atomic E-state index is 4.28. The number of aliphatic imine (C=N–C) groups is 2. The Morgan fingerprint density at radius 3 is 3.40 bits per heavy atom. The molecule has 0 unspecified atom stereocenters. The zero-order chi connectivity index (χ0) is 6.97. The molecular formula is C7H9N3. The van der Waals surface area contributed by atoms with E-state index in [-0.39, 0.29) is 0 Å². The van der Waals surface area contributed by atoms with Crippen LogP contribution in [0.1, 0.15) is 6.92 Å². The maximum Gasteiger partial charge on any atom is 0.146 e. The van der Waals surface area contributed by atoms with Gasteiger partial charge in [0.05, 0.1) is 18.8 Å². The first-order valence-corrected chi connectivity index (χ1v) is 3.40. The van der Waals surface area contributed by atoms with Crippen molar-refractivity contribution in [2.45, 2.75) is 13.0 Å². The summed E-state index contributed by atoms with van der Waals surface area (Å²) in [7, 11) is 0. The van der Waals surface area contributed by atoms with Crippen molar-refractivity contribution in [3.8, 4) is 0 Å². The molecule has 3 heteroatoms. The predicted molar refractivity (Wildman–Crippen MR) is 41.2 cm³/mol. The van der Waals surface area contributed by atoms with E-state index < -0.39 is 0 Å². The minimum Gasteiger partial charge on any atom is -0.326 e. The highest BCUT2D eigenvalue weighted by molar-refractivity contribution is 6.30. The van der Waals surface area contributed by atoms with E-state index in [0.717, 1.165) is 12.4 Å². The van der Waals surface area contributed by atoms with Crippen molar-refractivity contribution in [1.29, 1.82) is 0 Å². The van der Waals surface area contributed by atoms with Crippen molar-refractivity contribution in [1.82, 2.24) is 4.90 Å². The minimum absolute atomic E-state index is 0.512. The molecule has 0 radical (unpaired) electrons. The van der Waals surface area contributed by atoms with E-state index in [2.05, 4.69) is 21.8 Å². The highest BCUT2D eigenvalue weighted by Gasteiger charge is 2.21. The van der Waals surface area contributed by atoms with E-state index >= 15 is 0 Å². The topological polar surface area (TPSA) is 28.0 Å². The fourth-order valence-electron chi connectivity index (χ4n) is 1.17. The van der Waals surface area contributed by atoms with Gasteiger partial charge in [-0.05, 0) is 6.92 Å². The summed E-state index contributed by atoms with van der Waals surface area (Å²) in [6, 6.07) is 0.512. The van der Waals surface area contributed by atoms with Crippen LogP contribution in [-0.4, -0.2) is 29.5 Å². The number of fused-ring (bicyclic) bond motifs is 1. The van der Waals surface area contributed by atoms with Gasteiger partial charge in [-0.15, -0.1) is 0 Å². The molecule has 2 aliphatic rings. The molecule has 10 heavy (non-hydrogen) atoms. The van der Waals surface area contributed by atoms with Gasteiger partial charge in [-0.1, -0.05) is 0 Å². The van der Waals surface area contributed by atoms with Gasteiger partial charge in [0, 0.05) is 12.4 Å². The van der Waals surface area contributed by atoms with Crippen molar-refractivity contribution in [3.63, 3.8) is 0 Å². The first kappa shape index (κ1) is 5.65. The Labute approximate surface area is 59.8 Å². The zero-order valence-electron chi connectivity index (χ0n) is 5.86. The summed E-state index contributed by atoms with van der Waals surface area (Å²) in [6.45, 7) is 3.05. The second-order valence-corrected chi connectivity index (χ2v) is 2.53. The lowest BCUT2D eigenvalue weighted by Crippen LogP contribution is -2.31. The van der Waals surface area contributed by atoms with Crippen LogP contribution in [0.15, 0.2) is 22.4 Å². The van der Waals surface area contributed by atoms with Crippen molar-refractivity contribution in [2.24, 2.45) is 9.98 Å². The Balaban J connectivity index is 2.30.